The largest absolute Gasteiger partial charge is 0.496 e. The highest BCUT2D eigenvalue weighted by Gasteiger charge is 2.07. The molecule has 2 rings (SSSR count). The minimum Gasteiger partial charge on any atom is -0.496 e. The van der Waals surface area contributed by atoms with Gasteiger partial charge in [-0.05, 0) is 38.5 Å². The zero-order chi connectivity index (χ0) is 20.9. The second kappa shape index (κ2) is 14.9. The Bertz CT molecular complexity index is 784. The molecule has 0 saturated heterocycles. The number of hydrogen-bond acceptors (Lipinski definition) is 4. The summed E-state index contributed by atoms with van der Waals surface area (Å²) < 4.78 is 16.7. The zero-order valence-electron chi connectivity index (χ0n) is 18.4. The fourth-order valence-corrected chi connectivity index (χ4v) is 2.82. The Morgan fingerprint density at radius 1 is 0.967 bits per heavy atom. The Labute approximate surface area is 197 Å². The molecule has 0 amide bonds. The molecule has 0 aliphatic carbocycles. The second-order valence-corrected chi connectivity index (χ2v) is 6.52. The molecular weight excluding hydrogens is 493 g/mol. The molecule has 0 aromatic heterocycles. The van der Waals surface area contributed by atoms with Crippen LogP contribution in [0.2, 0.25) is 0 Å². The lowest BCUT2D eigenvalue weighted by molar-refractivity contribution is 0.110. The van der Waals surface area contributed by atoms with Gasteiger partial charge in [0.15, 0.2) is 5.96 Å². The average Bonchev–Trinajstić information content (AvgIpc) is 2.74. The van der Waals surface area contributed by atoms with Crippen LogP contribution in [0.4, 0.5) is 0 Å². The van der Waals surface area contributed by atoms with E-state index in [1.165, 1.54) is 0 Å². The molecule has 0 unspecified atom stereocenters. The number of para-hydroxylation sites is 1. The number of nitrogens with zero attached hydrogens (tertiary/aromatic N) is 1. The summed E-state index contributed by atoms with van der Waals surface area (Å²) in [7, 11) is 1.68. The van der Waals surface area contributed by atoms with Gasteiger partial charge in [0, 0.05) is 30.8 Å². The molecule has 2 aromatic carbocycles. The molecule has 7 heteroatoms. The van der Waals surface area contributed by atoms with Gasteiger partial charge in [0.25, 0.3) is 0 Å². The zero-order valence-corrected chi connectivity index (χ0v) is 20.7. The predicted octanol–water partition coefficient (Wildman–Crippen LogP) is 4.29. The number of hydrogen-bond donors (Lipinski definition) is 2. The third-order valence-corrected chi connectivity index (χ3v) is 4.30. The highest BCUT2D eigenvalue weighted by Crippen LogP contribution is 2.21. The lowest BCUT2D eigenvalue weighted by Crippen LogP contribution is -2.36. The summed E-state index contributed by atoms with van der Waals surface area (Å²) >= 11 is 0. The van der Waals surface area contributed by atoms with Crippen LogP contribution in [-0.4, -0.2) is 39.4 Å². The van der Waals surface area contributed by atoms with Gasteiger partial charge in [-0.25, -0.2) is 4.99 Å². The molecule has 166 valence electrons. The number of halogens is 1. The topological polar surface area (TPSA) is 64.1 Å². The van der Waals surface area contributed by atoms with Crippen molar-refractivity contribution in [3.05, 3.63) is 59.2 Å². The van der Waals surface area contributed by atoms with Crippen molar-refractivity contribution in [2.75, 3.05) is 33.5 Å². The van der Waals surface area contributed by atoms with E-state index in [0.717, 1.165) is 40.7 Å². The van der Waals surface area contributed by atoms with Crippen LogP contribution in [0.3, 0.4) is 0 Å². The maximum atomic E-state index is 5.93. The number of guanidine groups is 1. The van der Waals surface area contributed by atoms with Crippen molar-refractivity contribution in [3.63, 3.8) is 0 Å². The van der Waals surface area contributed by atoms with Gasteiger partial charge in [0.1, 0.15) is 18.1 Å². The molecule has 0 heterocycles. The summed E-state index contributed by atoms with van der Waals surface area (Å²) in [6.07, 6.45) is 0. The van der Waals surface area contributed by atoms with Crippen LogP contribution in [0.25, 0.3) is 0 Å². The lowest BCUT2D eigenvalue weighted by Gasteiger charge is -2.15. The summed E-state index contributed by atoms with van der Waals surface area (Å²) in [5.74, 6) is 2.47. The minimum atomic E-state index is 0. The predicted molar refractivity (Wildman–Crippen MR) is 133 cm³/mol. The van der Waals surface area contributed by atoms with Crippen LogP contribution < -0.4 is 20.1 Å². The number of methoxy groups -OCH3 is 1. The van der Waals surface area contributed by atoms with Gasteiger partial charge < -0.3 is 24.8 Å². The summed E-state index contributed by atoms with van der Waals surface area (Å²) in [6, 6.07) is 14.2. The smallest absolute Gasteiger partial charge is 0.191 e. The molecule has 6 nitrogen and oxygen atoms in total. The molecule has 0 bridgehead atoms. The third kappa shape index (κ3) is 8.79. The van der Waals surface area contributed by atoms with Crippen LogP contribution in [0.15, 0.2) is 47.5 Å². The van der Waals surface area contributed by atoms with Gasteiger partial charge in [0.05, 0.1) is 20.3 Å². The molecule has 0 radical (unpaired) electrons. The molecule has 30 heavy (non-hydrogen) atoms. The van der Waals surface area contributed by atoms with Crippen molar-refractivity contribution in [1.29, 1.82) is 0 Å². The molecule has 0 aliphatic heterocycles. The Hall–Kier alpha value is -2.00. The number of aliphatic imine (C=N–C) groups is 1. The van der Waals surface area contributed by atoms with Crippen LogP contribution in [0, 0.1) is 6.92 Å². The first-order valence-electron chi connectivity index (χ1n) is 10.1. The first-order valence-corrected chi connectivity index (χ1v) is 10.1. The molecule has 2 aromatic rings. The van der Waals surface area contributed by atoms with Gasteiger partial charge in [0.2, 0.25) is 0 Å². The van der Waals surface area contributed by atoms with Crippen molar-refractivity contribution in [2.45, 2.75) is 33.9 Å². The molecule has 0 spiro atoms. The van der Waals surface area contributed by atoms with E-state index >= 15 is 0 Å². The van der Waals surface area contributed by atoms with Crippen molar-refractivity contribution in [1.82, 2.24) is 10.6 Å². The van der Waals surface area contributed by atoms with Crippen molar-refractivity contribution in [2.24, 2.45) is 4.99 Å². The van der Waals surface area contributed by atoms with E-state index in [4.69, 9.17) is 19.2 Å². The number of rotatable bonds is 11. The SMILES string of the molecule is CCNC(=NCc1ccccc1OC)NCc1ccc(C)cc1OCCOCC.I. The van der Waals surface area contributed by atoms with Crippen molar-refractivity contribution >= 4 is 29.9 Å². The standard InChI is InChI=1S/C23H33N3O3.HI/c1-5-24-23(25-16-19-9-7-8-10-21(19)27-4)26-17-20-12-11-18(3)15-22(20)29-14-13-28-6-2;/h7-12,15H,5-6,13-14,16-17H2,1-4H3,(H2,24,25,26);1H. The number of nitrogens with one attached hydrogen (secondary N) is 2. The van der Waals surface area contributed by atoms with E-state index in [1.807, 2.05) is 31.2 Å². The van der Waals surface area contributed by atoms with E-state index in [2.05, 4.69) is 42.7 Å². The maximum Gasteiger partial charge on any atom is 0.191 e. The van der Waals surface area contributed by atoms with Crippen molar-refractivity contribution < 1.29 is 14.2 Å². The van der Waals surface area contributed by atoms with Crippen LogP contribution in [0.1, 0.15) is 30.5 Å². The lowest BCUT2D eigenvalue weighted by atomic mass is 10.1. The minimum absolute atomic E-state index is 0. The number of benzene rings is 2. The Balaban J connectivity index is 0.00000450. The van der Waals surface area contributed by atoms with Crippen LogP contribution >= 0.6 is 24.0 Å². The third-order valence-electron chi connectivity index (χ3n) is 4.30. The Kier molecular flexibility index (Phi) is 12.9. The van der Waals surface area contributed by atoms with Gasteiger partial charge in [-0.1, -0.05) is 30.3 Å². The normalized spacial score (nSPS) is 10.9. The highest BCUT2D eigenvalue weighted by molar-refractivity contribution is 14.0. The van der Waals surface area contributed by atoms with Gasteiger partial charge in [-0.15, -0.1) is 24.0 Å². The van der Waals surface area contributed by atoms with E-state index in [-0.39, 0.29) is 24.0 Å². The molecule has 0 aliphatic rings. The van der Waals surface area contributed by atoms with Gasteiger partial charge in [-0.3, -0.25) is 0 Å². The summed E-state index contributed by atoms with van der Waals surface area (Å²) in [5, 5.41) is 6.68. The summed E-state index contributed by atoms with van der Waals surface area (Å²) in [6.45, 7) is 9.83. The maximum absolute atomic E-state index is 5.93. The van der Waals surface area contributed by atoms with E-state index in [1.54, 1.807) is 7.11 Å². The number of aryl methyl sites for hydroxylation is 1. The van der Waals surface area contributed by atoms with Crippen molar-refractivity contribution in [3.8, 4) is 11.5 Å². The molecule has 0 saturated carbocycles. The first kappa shape index (κ1) is 26.0. The fraction of sp³-hybridized carbons (Fsp3) is 0.435. The summed E-state index contributed by atoms with van der Waals surface area (Å²) in [5.41, 5.74) is 3.29. The average molecular weight is 527 g/mol. The van der Waals surface area contributed by atoms with Crippen LogP contribution in [-0.2, 0) is 17.8 Å². The first-order chi connectivity index (χ1) is 14.2. The van der Waals surface area contributed by atoms with Gasteiger partial charge in [-0.2, -0.15) is 0 Å². The molecule has 2 N–H and O–H groups in total. The monoisotopic (exact) mass is 527 g/mol. The van der Waals surface area contributed by atoms with E-state index < -0.39 is 0 Å². The van der Waals surface area contributed by atoms with Gasteiger partial charge >= 0.3 is 0 Å². The quantitative estimate of drug-likeness (QED) is 0.198. The summed E-state index contributed by atoms with van der Waals surface area (Å²) in [4.78, 5) is 4.69. The Morgan fingerprint density at radius 2 is 1.77 bits per heavy atom. The fourth-order valence-electron chi connectivity index (χ4n) is 2.82. The van der Waals surface area contributed by atoms with E-state index in [0.29, 0.717) is 32.9 Å². The second-order valence-electron chi connectivity index (χ2n) is 6.52. The Morgan fingerprint density at radius 3 is 2.50 bits per heavy atom. The van der Waals surface area contributed by atoms with Crippen LogP contribution in [0.5, 0.6) is 11.5 Å². The highest BCUT2D eigenvalue weighted by atomic mass is 127. The molecular formula is C23H34IN3O3. The molecule has 0 atom stereocenters. The van der Waals surface area contributed by atoms with E-state index in [9.17, 15) is 0 Å². The number of ether oxygens (including phenoxy) is 3. The molecule has 0 fully saturated rings.